The molecular formula is C20H25N3. The van der Waals surface area contributed by atoms with Crippen molar-refractivity contribution < 1.29 is 0 Å². The van der Waals surface area contributed by atoms with Crippen molar-refractivity contribution in [2.45, 2.75) is 25.7 Å². The van der Waals surface area contributed by atoms with Gasteiger partial charge in [0.15, 0.2) is 0 Å². The molecule has 1 aromatic carbocycles. The lowest BCUT2D eigenvalue weighted by Crippen LogP contribution is -2.45. The summed E-state index contributed by atoms with van der Waals surface area (Å²) in [6, 6.07) is 13.0. The summed E-state index contributed by atoms with van der Waals surface area (Å²) < 4.78 is 0. The molecule has 1 aromatic heterocycles. The van der Waals surface area contributed by atoms with Crippen LogP contribution in [0.3, 0.4) is 0 Å². The number of likely N-dealkylation sites (N-methyl/N-ethyl adjacent to an activating group) is 1. The Morgan fingerprint density at radius 1 is 0.913 bits per heavy atom. The second-order valence-corrected chi connectivity index (χ2v) is 6.82. The molecule has 1 aliphatic carbocycles. The molecule has 3 nitrogen and oxygen atoms in total. The first-order chi connectivity index (χ1) is 11.3. The molecule has 1 fully saturated rings. The molecule has 120 valence electrons. The third-order valence-electron chi connectivity index (χ3n) is 5.19. The Kier molecular flexibility index (Phi) is 4.04. The van der Waals surface area contributed by atoms with Gasteiger partial charge in [-0.15, -0.1) is 0 Å². The smallest absolute Gasteiger partial charge is 0.0726 e. The van der Waals surface area contributed by atoms with Crippen LogP contribution in [0.5, 0.6) is 0 Å². The molecule has 0 unspecified atom stereocenters. The number of benzene rings is 1. The summed E-state index contributed by atoms with van der Waals surface area (Å²) in [7, 11) is 2.22. The lowest BCUT2D eigenvalue weighted by molar-refractivity contribution is 0.312. The van der Waals surface area contributed by atoms with Gasteiger partial charge in [-0.1, -0.05) is 30.3 Å². The number of aromatic nitrogens is 1. The number of nitrogens with zero attached hydrogens (tertiary/aromatic N) is 3. The molecule has 4 rings (SSSR count). The van der Waals surface area contributed by atoms with E-state index in [9.17, 15) is 0 Å². The Labute approximate surface area is 139 Å². The number of hydrogen-bond acceptors (Lipinski definition) is 3. The molecular weight excluding hydrogens is 282 g/mol. The number of aryl methyl sites for hydroxylation is 1. The molecule has 0 spiro atoms. The first-order valence-electron chi connectivity index (χ1n) is 8.83. The van der Waals surface area contributed by atoms with Gasteiger partial charge >= 0.3 is 0 Å². The largest absolute Gasteiger partial charge is 0.369 e. The molecule has 3 heteroatoms. The number of piperazine rings is 1. The molecule has 0 N–H and O–H groups in total. The van der Waals surface area contributed by atoms with Gasteiger partial charge in [0.05, 0.1) is 5.69 Å². The predicted octanol–water partition coefficient (Wildman–Crippen LogP) is 3.38. The van der Waals surface area contributed by atoms with Crippen LogP contribution < -0.4 is 4.90 Å². The minimum absolute atomic E-state index is 1.13. The third kappa shape index (κ3) is 2.98. The molecule has 0 amide bonds. The van der Waals surface area contributed by atoms with E-state index in [4.69, 9.17) is 4.98 Å². The topological polar surface area (TPSA) is 19.4 Å². The van der Waals surface area contributed by atoms with Gasteiger partial charge in [-0.25, -0.2) is 0 Å². The van der Waals surface area contributed by atoms with Crippen LogP contribution in [0, 0.1) is 0 Å². The van der Waals surface area contributed by atoms with E-state index in [-0.39, 0.29) is 0 Å². The van der Waals surface area contributed by atoms with Crippen LogP contribution in [0.4, 0.5) is 5.69 Å². The van der Waals surface area contributed by atoms with Crippen LogP contribution >= 0.6 is 0 Å². The average molecular weight is 307 g/mol. The van der Waals surface area contributed by atoms with Crippen molar-refractivity contribution in [3.8, 4) is 11.3 Å². The number of anilines is 1. The Morgan fingerprint density at radius 2 is 1.65 bits per heavy atom. The summed E-state index contributed by atoms with van der Waals surface area (Å²) in [6.45, 7) is 4.55. The van der Waals surface area contributed by atoms with E-state index in [0.29, 0.717) is 0 Å². The maximum absolute atomic E-state index is 5.02. The molecule has 2 heterocycles. The second kappa shape index (κ2) is 6.32. The van der Waals surface area contributed by atoms with Gasteiger partial charge in [-0.2, -0.15) is 0 Å². The van der Waals surface area contributed by atoms with E-state index in [2.05, 4.69) is 53.2 Å². The summed E-state index contributed by atoms with van der Waals surface area (Å²) in [5.41, 5.74) is 6.67. The van der Waals surface area contributed by atoms with Crippen LogP contribution in [-0.4, -0.2) is 43.1 Å². The zero-order valence-electron chi connectivity index (χ0n) is 14.0. The molecule has 0 radical (unpaired) electrons. The van der Waals surface area contributed by atoms with Gasteiger partial charge < -0.3 is 9.80 Å². The van der Waals surface area contributed by atoms with Gasteiger partial charge in [-0.3, -0.25) is 4.98 Å². The summed E-state index contributed by atoms with van der Waals surface area (Å²) in [5.74, 6) is 0. The van der Waals surface area contributed by atoms with Gasteiger partial charge in [-0.05, 0) is 44.4 Å². The van der Waals surface area contributed by atoms with E-state index in [0.717, 1.165) is 38.3 Å². The highest BCUT2D eigenvalue weighted by atomic mass is 15.2. The van der Waals surface area contributed by atoms with Crippen molar-refractivity contribution in [2.24, 2.45) is 0 Å². The van der Waals surface area contributed by atoms with Crippen LogP contribution in [0.1, 0.15) is 24.1 Å². The molecule has 0 atom stereocenters. The number of pyridine rings is 1. The molecule has 1 aliphatic heterocycles. The molecule has 2 aromatic rings. The zero-order chi connectivity index (χ0) is 15.6. The van der Waals surface area contributed by atoms with Crippen molar-refractivity contribution in [2.75, 3.05) is 38.1 Å². The first-order valence-corrected chi connectivity index (χ1v) is 8.83. The monoisotopic (exact) mass is 307 g/mol. The number of fused-ring (bicyclic) bond motifs is 1. The lowest BCUT2D eigenvalue weighted by Gasteiger charge is -2.36. The van der Waals surface area contributed by atoms with E-state index in [1.54, 1.807) is 0 Å². The maximum Gasteiger partial charge on any atom is 0.0726 e. The number of hydrogen-bond donors (Lipinski definition) is 0. The van der Waals surface area contributed by atoms with Crippen LogP contribution in [-0.2, 0) is 12.8 Å². The average Bonchev–Trinajstić information content (AvgIpc) is 2.62. The first kappa shape index (κ1) is 14.7. The number of rotatable bonds is 2. The molecule has 0 saturated carbocycles. The van der Waals surface area contributed by atoms with E-state index < -0.39 is 0 Å². The minimum atomic E-state index is 1.13. The van der Waals surface area contributed by atoms with Crippen LogP contribution in [0.2, 0.25) is 0 Å². The van der Waals surface area contributed by atoms with Crippen molar-refractivity contribution in [1.82, 2.24) is 9.88 Å². The van der Waals surface area contributed by atoms with Crippen molar-refractivity contribution in [3.63, 3.8) is 0 Å². The van der Waals surface area contributed by atoms with Gasteiger partial charge in [0.1, 0.15) is 0 Å². The fourth-order valence-electron chi connectivity index (χ4n) is 3.77. The standard InChI is InChI=1S/C20H25N3/c1-22-11-13-23(14-12-22)20-15-19(16-7-3-2-4-8-16)21-18-10-6-5-9-17(18)20/h2-4,7-8,15H,5-6,9-14H2,1H3. The predicted molar refractivity (Wildman–Crippen MR) is 96.0 cm³/mol. The van der Waals surface area contributed by atoms with E-state index in [1.807, 2.05) is 0 Å². The van der Waals surface area contributed by atoms with Crippen molar-refractivity contribution in [3.05, 3.63) is 47.7 Å². The highest BCUT2D eigenvalue weighted by molar-refractivity contribution is 5.68. The van der Waals surface area contributed by atoms with E-state index >= 15 is 0 Å². The summed E-state index contributed by atoms with van der Waals surface area (Å²) in [5, 5.41) is 0. The lowest BCUT2D eigenvalue weighted by atomic mass is 9.92. The highest BCUT2D eigenvalue weighted by Crippen LogP contribution is 2.33. The zero-order valence-corrected chi connectivity index (χ0v) is 14.0. The Hall–Kier alpha value is -1.87. The molecule has 23 heavy (non-hydrogen) atoms. The fraction of sp³-hybridized carbons (Fsp3) is 0.450. The summed E-state index contributed by atoms with van der Waals surface area (Å²) >= 11 is 0. The highest BCUT2D eigenvalue weighted by Gasteiger charge is 2.22. The molecule has 2 aliphatic rings. The van der Waals surface area contributed by atoms with Crippen LogP contribution in [0.15, 0.2) is 36.4 Å². The van der Waals surface area contributed by atoms with Crippen molar-refractivity contribution >= 4 is 5.69 Å². The Morgan fingerprint density at radius 3 is 2.43 bits per heavy atom. The third-order valence-corrected chi connectivity index (χ3v) is 5.19. The van der Waals surface area contributed by atoms with Gasteiger partial charge in [0.25, 0.3) is 0 Å². The van der Waals surface area contributed by atoms with E-state index in [1.165, 1.54) is 41.8 Å². The quantitative estimate of drug-likeness (QED) is 0.848. The van der Waals surface area contributed by atoms with Gasteiger partial charge in [0, 0.05) is 43.1 Å². The van der Waals surface area contributed by atoms with Gasteiger partial charge in [0.2, 0.25) is 0 Å². The molecule has 0 bridgehead atoms. The van der Waals surface area contributed by atoms with Crippen LogP contribution in [0.25, 0.3) is 11.3 Å². The Balaban J connectivity index is 1.77. The summed E-state index contributed by atoms with van der Waals surface area (Å²) in [6.07, 6.45) is 4.91. The molecule has 1 saturated heterocycles. The normalized spacial score (nSPS) is 18.7. The fourth-order valence-corrected chi connectivity index (χ4v) is 3.77. The minimum Gasteiger partial charge on any atom is -0.369 e. The Bertz CT molecular complexity index is 673. The van der Waals surface area contributed by atoms with Crippen molar-refractivity contribution in [1.29, 1.82) is 0 Å². The second-order valence-electron chi connectivity index (χ2n) is 6.82. The maximum atomic E-state index is 5.02. The summed E-state index contributed by atoms with van der Waals surface area (Å²) in [4.78, 5) is 10.0. The SMILES string of the molecule is CN1CCN(c2cc(-c3ccccc3)nc3c2CCCC3)CC1.